The van der Waals surface area contributed by atoms with Crippen molar-refractivity contribution in [2.24, 2.45) is 0 Å². The summed E-state index contributed by atoms with van der Waals surface area (Å²) < 4.78 is 7.38. The number of hydrogen-bond acceptors (Lipinski definition) is 4. The van der Waals surface area contributed by atoms with E-state index in [2.05, 4.69) is 23.4 Å². The van der Waals surface area contributed by atoms with E-state index in [1.54, 1.807) is 19.5 Å². The lowest BCUT2D eigenvalue weighted by Crippen LogP contribution is -2.04. The molecular formula is C16H18N4O. The van der Waals surface area contributed by atoms with Gasteiger partial charge >= 0.3 is 0 Å². The highest BCUT2D eigenvalue weighted by atomic mass is 16.5. The van der Waals surface area contributed by atoms with E-state index in [9.17, 15) is 0 Å². The number of imidazole rings is 1. The van der Waals surface area contributed by atoms with Crippen LogP contribution in [0.5, 0.6) is 5.75 Å². The molecule has 2 N–H and O–H groups in total. The number of hydrogen-bond donors (Lipinski definition) is 1. The molecule has 0 bridgehead atoms. The van der Waals surface area contributed by atoms with E-state index >= 15 is 0 Å². The highest BCUT2D eigenvalue weighted by Crippen LogP contribution is 2.33. The van der Waals surface area contributed by atoms with Gasteiger partial charge in [-0.25, -0.2) is 4.98 Å². The van der Waals surface area contributed by atoms with Gasteiger partial charge in [-0.2, -0.15) is 0 Å². The second-order valence-corrected chi connectivity index (χ2v) is 5.22. The van der Waals surface area contributed by atoms with Crippen LogP contribution in [-0.4, -0.2) is 21.6 Å². The summed E-state index contributed by atoms with van der Waals surface area (Å²) >= 11 is 0. The van der Waals surface area contributed by atoms with Gasteiger partial charge in [-0.15, -0.1) is 0 Å². The fourth-order valence-electron chi connectivity index (χ4n) is 2.53. The average molecular weight is 282 g/mol. The number of rotatable bonds is 3. The van der Waals surface area contributed by atoms with Crippen LogP contribution < -0.4 is 10.5 Å². The molecule has 0 saturated carbocycles. The maximum absolute atomic E-state index is 6.17. The Hall–Kier alpha value is -2.56. The van der Waals surface area contributed by atoms with Gasteiger partial charge < -0.3 is 15.0 Å². The van der Waals surface area contributed by atoms with Crippen LogP contribution in [0.15, 0.2) is 36.7 Å². The third-order valence-corrected chi connectivity index (χ3v) is 3.51. The Morgan fingerprint density at radius 2 is 2.05 bits per heavy atom. The molecule has 0 spiro atoms. The number of pyridine rings is 1. The molecule has 0 aliphatic rings. The smallest absolute Gasteiger partial charge is 0.143 e. The summed E-state index contributed by atoms with van der Waals surface area (Å²) in [6, 6.07) is 7.91. The molecule has 2 aromatic heterocycles. The fraction of sp³-hybridized carbons (Fsp3) is 0.250. The minimum atomic E-state index is 0.272. The van der Waals surface area contributed by atoms with E-state index in [0.29, 0.717) is 5.69 Å². The van der Waals surface area contributed by atoms with Crippen LogP contribution in [0.2, 0.25) is 0 Å². The van der Waals surface area contributed by atoms with Gasteiger partial charge in [0.2, 0.25) is 0 Å². The molecule has 0 amide bonds. The quantitative estimate of drug-likeness (QED) is 0.749. The molecule has 0 fully saturated rings. The van der Waals surface area contributed by atoms with Crippen LogP contribution >= 0.6 is 0 Å². The monoisotopic (exact) mass is 282 g/mol. The second kappa shape index (κ2) is 5.09. The van der Waals surface area contributed by atoms with Crippen molar-refractivity contribution in [3.8, 4) is 17.1 Å². The molecule has 0 aliphatic heterocycles. The van der Waals surface area contributed by atoms with Crippen LogP contribution in [0.25, 0.3) is 22.4 Å². The average Bonchev–Trinajstić information content (AvgIpc) is 2.86. The Labute approximate surface area is 123 Å². The third-order valence-electron chi connectivity index (χ3n) is 3.51. The van der Waals surface area contributed by atoms with Crippen molar-refractivity contribution in [1.82, 2.24) is 14.5 Å². The maximum Gasteiger partial charge on any atom is 0.143 e. The first kappa shape index (κ1) is 13.4. The number of ether oxygens (including phenoxy) is 1. The molecule has 2 heterocycles. The Kier molecular flexibility index (Phi) is 3.25. The Bertz CT molecular complexity index is 792. The summed E-state index contributed by atoms with van der Waals surface area (Å²) in [5.41, 5.74) is 9.66. The van der Waals surface area contributed by atoms with Crippen molar-refractivity contribution in [2.45, 2.75) is 19.9 Å². The number of nitrogen functional groups attached to an aromatic ring is 1. The SMILES string of the molecule is COc1ccc(-c2nc3cnccc3n2C(C)C)c(N)c1. The van der Waals surface area contributed by atoms with Crippen molar-refractivity contribution in [3.05, 3.63) is 36.7 Å². The first-order valence-electron chi connectivity index (χ1n) is 6.87. The fourth-order valence-corrected chi connectivity index (χ4v) is 2.53. The first-order chi connectivity index (χ1) is 10.1. The number of nitrogens with two attached hydrogens (primary N) is 1. The topological polar surface area (TPSA) is 66.0 Å². The van der Waals surface area contributed by atoms with E-state index < -0.39 is 0 Å². The van der Waals surface area contributed by atoms with Gasteiger partial charge in [-0.3, -0.25) is 4.98 Å². The molecule has 0 saturated heterocycles. The van der Waals surface area contributed by atoms with E-state index in [1.807, 2.05) is 24.3 Å². The van der Waals surface area contributed by atoms with Gasteiger partial charge in [0.15, 0.2) is 0 Å². The normalized spacial score (nSPS) is 11.2. The number of benzene rings is 1. The zero-order valence-electron chi connectivity index (χ0n) is 12.4. The third kappa shape index (κ3) is 2.20. The molecule has 3 aromatic rings. The van der Waals surface area contributed by atoms with Crippen LogP contribution in [0, 0.1) is 0 Å². The van der Waals surface area contributed by atoms with Crippen molar-refractivity contribution in [2.75, 3.05) is 12.8 Å². The van der Waals surface area contributed by atoms with E-state index in [4.69, 9.17) is 15.5 Å². The van der Waals surface area contributed by atoms with Gasteiger partial charge in [0.05, 0.1) is 18.8 Å². The lowest BCUT2D eigenvalue weighted by Gasteiger charge is -2.14. The summed E-state index contributed by atoms with van der Waals surface area (Å²) in [6.45, 7) is 4.26. The van der Waals surface area contributed by atoms with Crippen molar-refractivity contribution in [1.29, 1.82) is 0 Å². The predicted octanol–water partition coefficient (Wildman–Crippen LogP) is 3.27. The molecule has 0 atom stereocenters. The summed E-state index contributed by atoms with van der Waals surface area (Å²) in [6.07, 6.45) is 3.56. The first-order valence-corrected chi connectivity index (χ1v) is 6.87. The molecule has 21 heavy (non-hydrogen) atoms. The van der Waals surface area contributed by atoms with Crippen molar-refractivity contribution < 1.29 is 4.74 Å². The molecule has 3 rings (SSSR count). The van der Waals surface area contributed by atoms with Crippen LogP contribution in [0.1, 0.15) is 19.9 Å². The predicted molar refractivity (Wildman–Crippen MR) is 84.3 cm³/mol. The number of fused-ring (bicyclic) bond motifs is 1. The highest BCUT2D eigenvalue weighted by molar-refractivity contribution is 5.83. The van der Waals surface area contributed by atoms with Crippen LogP contribution in [-0.2, 0) is 0 Å². The number of nitrogens with zero attached hydrogens (tertiary/aromatic N) is 3. The lowest BCUT2D eigenvalue weighted by molar-refractivity contribution is 0.415. The van der Waals surface area contributed by atoms with E-state index in [1.165, 1.54) is 0 Å². The number of anilines is 1. The Morgan fingerprint density at radius 3 is 2.71 bits per heavy atom. The Morgan fingerprint density at radius 1 is 1.24 bits per heavy atom. The molecule has 5 heteroatoms. The van der Waals surface area contributed by atoms with Crippen LogP contribution in [0.4, 0.5) is 5.69 Å². The highest BCUT2D eigenvalue weighted by Gasteiger charge is 2.17. The van der Waals surface area contributed by atoms with Gasteiger partial charge in [0.1, 0.15) is 17.1 Å². The minimum absolute atomic E-state index is 0.272. The molecule has 5 nitrogen and oxygen atoms in total. The molecule has 1 aromatic carbocycles. The summed E-state index contributed by atoms with van der Waals surface area (Å²) in [4.78, 5) is 8.84. The molecule has 0 aliphatic carbocycles. The molecule has 108 valence electrons. The molecular weight excluding hydrogens is 264 g/mol. The summed E-state index contributed by atoms with van der Waals surface area (Å²) in [7, 11) is 1.63. The number of aromatic nitrogens is 3. The van der Waals surface area contributed by atoms with Crippen LogP contribution in [0.3, 0.4) is 0 Å². The summed E-state index contributed by atoms with van der Waals surface area (Å²) in [5, 5.41) is 0. The maximum atomic E-state index is 6.17. The minimum Gasteiger partial charge on any atom is -0.497 e. The largest absolute Gasteiger partial charge is 0.497 e. The van der Waals surface area contributed by atoms with Gasteiger partial charge in [-0.1, -0.05) is 0 Å². The van der Waals surface area contributed by atoms with Crippen molar-refractivity contribution in [3.63, 3.8) is 0 Å². The lowest BCUT2D eigenvalue weighted by atomic mass is 10.1. The molecule has 0 radical (unpaired) electrons. The second-order valence-electron chi connectivity index (χ2n) is 5.22. The van der Waals surface area contributed by atoms with Gasteiger partial charge in [0.25, 0.3) is 0 Å². The summed E-state index contributed by atoms with van der Waals surface area (Å²) in [5.74, 6) is 1.60. The number of methoxy groups -OCH3 is 1. The van der Waals surface area contributed by atoms with Gasteiger partial charge in [0, 0.05) is 29.6 Å². The standard InChI is InChI=1S/C16H18N4O/c1-10(2)20-15-6-7-18-9-14(15)19-16(20)12-5-4-11(21-3)8-13(12)17/h4-10H,17H2,1-3H3. The zero-order chi connectivity index (χ0) is 15.0. The molecule has 0 unspecified atom stereocenters. The Balaban J connectivity index is 2.27. The van der Waals surface area contributed by atoms with Crippen molar-refractivity contribution >= 4 is 16.7 Å². The van der Waals surface area contributed by atoms with E-state index in [0.717, 1.165) is 28.2 Å². The van der Waals surface area contributed by atoms with E-state index in [-0.39, 0.29) is 6.04 Å². The van der Waals surface area contributed by atoms with Gasteiger partial charge in [-0.05, 0) is 32.0 Å². The zero-order valence-corrected chi connectivity index (χ0v) is 12.4.